The molecule has 3 rings (SSSR count). The molecule has 0 aromatic heterocycles. The topological polar surface area (TPSA) is 127 Å². The van der Waals surface area contributed by atoms with Crippen LogP contribution in [0.15, 0.2) is 58.3 Å². The summed E-state index contributed by atoms with van der Waals surface area (Å²) in [5.41, 5.74) is 0.926. The van der Waals surface area contributed by atoms with Crippen LogP contribution < -0.4 is 10.5 Å². The molecule has 1 fully saturated rings. The third-order valence-corrected chi connectivity index (χ3v) is 8.13. The molecule has 1 aliphatic heterocycles. The van der Waals surface area contributed by atoms with Gasteiger partial charge in [0.25, 0.3) is 0 Å². The van der Waals surface area contributed by atoms with Gasteiger partial charge in [0.2, 0.25) is 26.0 Å². The summed E-state index contributed by atoms with van der Waals surface area (Å²) in [5.74, 6) is -0.632. The third kappa shape index (κ3) is 4.89. The Bertz CT molecular complexity index is 1120. The fourth-order valence-electron chi connectivity index (χ4n) is 3.53. The van der Waals surface area contributed by atoms with Crippen LogP contribution in [-0.2, 0) is 31.3 Å². The highest BCUT2D eigenvalue weighted by Crippen LogP contribution is 2.26. The first-order valence-electron chi connectivity index (χ1n) is 9.64. The number of aryl methyl sites for hydroxylation is 1. The molecule has 1 heterocycles. The summed E-state index contributed by atoms with van der Waals surface area (Å²) in [6.07, 6.45) is 1.26. The number of nitrogens with two attached hydrogens (primary N) is 1. The first-order chi connectivity index (χ1) is 14.1. The van der Waals surface area contributed by atoms with E-state index in [2.05, 4.69) is 5.32 Å². The number of piperidine rings is 1. The van der Waals surface area contributed by atoms with Crippen LogP contribution in [0.2, 0.25) is 0 Å². The second-order valence-electron chi connectivity index (χ2n) is 7.20. The van der Waals surface area contributed by atoms with Gasteiger partial charge in [-0.2, -0.15) is 4.31 Å². The minimum Gasteiger partial charge on any atom is -0.326 e. The number of hydrogen-bond donors (Lipinski definition) is 2. The normalized spacial score (nSPS) is 16.3. The van der Waals surface area contributed by atoms with Crippen LogP contribution in [0, 0.1) is 5.92 Å². The third-order valence-electron chi connectivity index (χ3n) is 5.23. The number of rotatable bonds is 6. The number of nitrogens with one attached hydrogen (secondary N) is 1. The molecule has 1 saturated heterocycles. The van der Waals surface area contributed by atoms with Crippen molar-refractivity contribution in [2.24, 2.45) is 11.1 Å². The summed E-state index contributed by atoms with van der Waals surface area (Å²) < 4.78 is 50.4. The van der Waals surface area contributed by atoms with Crippen LogP contribution in [0.1, 0.15) is 25.3 Å². The Kier molecular flexibility index (Phi) is 6.61. The number of primary sulfonamides is 1. The number of anilines is 1. The van der Waals surface area contributed by atoms with E-state index >= 15 is 0 Å². The van der Waals surface area contributed by atoms with Crippen LogP contribution >= 0.6 is 0 Å². The number of sulfonamides is 2. The maximum absolute atomic E-state index is 12.7. The standard InChI is InChI=1S/C20H25N3O5S2/c1-2-15-8-9-17(14-19(15)29(21,25)26)22-20(24)16-10-12-23(13-11-16)30(27,28)18-6-4-3-5-7-18/h3-9,14,16H,2,10-13H2,1H3,(H,22,24)(H2,21,25,26). The SMILES string of the molecule is CCc1ccc(NC(=O)C2CCN(S(=O)(=O)c3ccccc3)CC2)cc1S(N)(=O)=O. The molecule has 1 amide bonds. The van der Waals surface area contributed by atoms with Gasteiger partial charge in [0.1, 0.15) is 0 Å². The van der Waals surface area contributed by atoms with Crippen molar-refractivity contribution in [2.45, 2.75) is 36.0 Å². The zero-order valence-corrected chi connectivity index (χ0v) is 18.2. The van der Waals surface area contributed by atoms with Crippen molar-refractivity contribution in [3.63, 3.8) is 0 Å². The van der Waals surface area contributed by atoms with E-state index in [-0.39, 0.29) is 34.7 Å². The van der Waals surface area contributed by atoms with Crippen LogP contribution in [0.25, 0.3) is 0 Å². The lowest BCUT2D eigenvalue weighted by Gasteiger charge is -2.30. The molecule has 0 saturated carbocycles. The highest BCUT2D eigenvalue weighted by atomic mass is 32.2. The monoisotopic (exact) mass is 451 g/mol. The van der Waals surface area contributed by atoms with E-state index in [1.807, 2.05) is 6.92 Å². The minimum atomic E-state index is -3.90. The molecule has 0 spiro atoms. The van der Waals surface area contributed by atoms with Crippen molar-refractivity contribution in [3.8, 4) is 0 Å². The zero-order valence-electron chi connectivity index (χ0n) is 16.6. The smallest absolute Gasteiger partial charge is 0.243 e. The number of carbonyl (C=O) groups excluding carboxylic acids is 1. The van der Waals surface area contributed by atoms with Crippen LogP contribution in [0.3, 0.4) is 0 Å². The van der Waals surface area contributed by atoms with Gasteiger partial charge in [-0.1, -0.05) is 31.2 Å². The summed E-state index contributed by atoms with van der Waals surface area (Å²) in [6.45, 7) is 2.30. The first-order valence-corrected chi connectivity index (χ1v) is 12.6. The number of hydrogen-bond acceptors (Lipinski definition) is 5. The van der Waals surface area contributed by atoms with Gasteiger partial charge >= 0.3 is 0 Å². The Morgan fingerprint density at radius 3 is 2.27 bits per heavy atom. The molecule has 0 radical (unpaired) electrons. The zero-order chi connectivity index (χ0) is 21.9. The summed E-state index contributed by atoms with van der Waals surface area (Å²) in [5, 5.41) is 8.01. The van der Waals surface area contributed by atoms with E-state index in [0.717, 1.165) is 0 Å². The molecule has 2 aromatic rings. The molecular weight excluding hydrogens is 426 g/mol. The van der Waals surface area contributed by atoms with Crippen molar-refractivity contribution < 1.29 is 21.6 Å². The Hall–Kier alpha value is -2.27. The number of amides is 1. The maximum Gasteiger partial charge on any atom is 0.243 e. The molecule has 10 heteroatoms. The van der Waals surface area contributed by atoms with Crippen molar-refractivity contribution in [1.29, 1.82) is 0 Å². The minimum absolute atomic E-state index is 0.00780. The van der Waals surface area contributed by atoms with Crippen molar-refractivity contribution in [2.75, 3.05) is 18.4 Å². The van der Waals surface area contributed by atoms with Crippen LogP contribution in [0.4, 0.5) is 5.69 Å². The van der Waals surface area contributed by atoms with Crippen molar-refractivity contribution in [3.05, 3.63) is 54.1 Å². The van der Waals surface area contributed by atoms with Gasteiger partial charge in [0.15, 0.2) is 0 Å². The number of nitrogens with zero attached hydrogens (tertiary/aromatic N) is 1. The Morgan fingerprint density at radius 1 is 1.07 bits per heavy atom. The molecule has 8 nitrogen and oxygen atoms in total. The van der Waals surface area contributed by atoms with Gasteiger partial charge in [-0.25, -0.2) is 22.0 Å². The van der Waals surface area contributed by atoms with Gasteiger partial charge in [0, 0.05) is 24.7 Å². The molecule has 0 atom stereocenters. The van der Waals surface area contributed by atoms with Gasteiger partial charge in [0.05, 0.1) is 9.79 Å². The Balaban J connectivity index is 1.66. The van der Waals surface area contributed by atoms with E-state index in [4.69, 9.17) is 5.14 Å². The lowest BCUT2D eigenvalue weighted by atomic mass is 9.97. The highest BCUT2D eigenvalue weighted by molar-refractivity contribution is 7.89. The molecule has 2 aromatic carbocycles. The largest absolute Gasteiger partial charge is 0.326 e. The van der Waals surface area contributed by atoms with Gasteiger partial charge < -0.3 is 5.32 Å². The average molecular weight is 452 g/mol. The summed E-state index contributed by atoms with van der Waals surface area (Å²) >= 11 is 0. The Labute approximate surface area is 177 Å². The second kappa shape index (κ2) is 8.84. The predicted molar refractivity (Wildman–Crippen MR) is 114 cm³/mol. The number of carbonyl (C=O) groups is 1. The van der Waals surface area contributed by atoms with Crippen LogP contribution in [-0.4, -0.2) is 40.1 Å². The van der Waals surface area contributed by atoms with Gasteiger partial charge in [-0.15, -0.1) is 0 Å². The van der Waals surface area contributed by atoms with E-state index in [1.54, 1.807) is 42.5 Å². The molecule has 162 valence electrons. The fraction of sp³-hybridized carbons (Fsp3) is 0.350. The average Bonchev–Trinajstić information content (AvgIpc) is 2.73. The first kappa shape index (κ1) is 22.4. The molecule has 0 aliphatic carbocycles. The maximum atomic E-state index is 12.7. The summed E-state index contributed by atoms with van der Waals surface area (Å²) in [6, 6.07) is 12.8. The van der Waals surface area contributed by atoms with Crippen molar-refractivity contribution >= 4 is 31.6 Å². The van der Waals surface area contributed by atoms with Gasteiger partial charge in [-0.3, -0.25) is 4.79 Å². The summed E-state index contributed by atoms with van der Waals surface area (Å²) in [4.78, 5) is 12.9. The van der Waals surface area contributed by atoms with E-state index in [1.165, 1.54) is 10.4 Å². The van der Waals surface area contributed by atoms with Crippen molar-refractivity contribution in [1.82, 2.24) is 4.31 Å². The predicted octanol–water partition coefficient (Wildman–Crippen LogP) is 1.94. The number of benzene rings is 2. The van der Waals surface area contributed by atoms with Gasteiger partial charge in [-0.05, 0) is 49.1 Å². The Morgan fingerprint density at radius 2 is 1.70 bits per heavy atom. The van der Waals surface area contributed by atoms with Crippen LogP contribution in [0.5, 0.6) is 0 Å². The molecular formula is C20H25N3O5S2. The molecule has 3 N–H and O–H groups in total. The molecule has 0 bridgehead atoms. The molecule has 1 aliphatic rings. The fourth-order valence-corrected chi connectivity index (χ4v) is 5.89. The molecule has 30 heavy (non-hydrogen) atoms. The molecule has 0 unspecified atom stereocenters. The highest BCUT2D eigenvalue weighted by Gasteiger charge is 2.32. The lowest BCUT2D eigenvalue weighted by Crippen LogP contribution is -2.41. The lowest BCUT2D eigenvalue weighted by molar-refractivity contribution is -0.120. The van der Waals surface area contributed by atoms with E-state index in [9.17, 15) is 21.6 Å². The van der Waals surface area contributed by atoms with E-state index < -0.39 is 20.0 Å². The van der Waals surface area contributed by atoms with E-state index in [0.29, 0.717) is 30.5 Å². The second-order valence-corrected chi connectivity index (χ2v) is 10.7. The quantitative estimate of drug-likeness (QED) is 0.694. The summed E-state index contributed by atoms with van der Waals surface area (Å²) in [7, 11) is -7.48.